The largest absolute Gasteiger partial charge is 0.383 e. The maximum atomic E-state index is 8.99. The molecule has 2 heterocycles. The summed E-state index contributed by atoms with van der Waals surface area (Å²) in [6.45, 7) is 0.226. The van der Waals surface area contributed by atoms with Gasteiger partial charge in [-0.15, -0.1) is 0 Å². The Morgan fingerprint density at radius 1 is 1.21 bits per heavy atom. The van der Waals surface area contributed by atoms with E-state index < -0.39 is 0 Å². The van der Waals surface area contributed by atoms with Gasteiger partial charge in [0, 0.05) is 6.20 Å². The van der Waals surface area contributed by atoms with Crippen LogP contribution in [0.25, 0.3) is 22.4 Å². The number of hydrogen-bond acceptors (Lipinski definition) is 4. The van der Waals surface area contributed by atoms with Crippen molar-refractivity contribution in [3.8, 4) is 17.5 Å². The van der Waals surface area contributed by atoms with Crippen LogP contribution in [-0.4, -0.2) is 14.5 Å². The summed E-state index contributed by atoms with van der Waals surface area (Å²) in [5, 5.41) is 8.99. The van der Waals surface area contributed by atoms with Crippen LogP contribution in [-0.2, 0) is 6.54 Å². The van der Waals surface area contributed by atoms with E-state index in [9.17, 15) is 0 Å². The average molecular weight is 249 g/mol. The first-order valence-electron chi connectivity index (χ1n) is 5.84. The molecular weight excluding hydrogens is 238 g/mol. The van der Waals surface area contributed by atoms with Crippen molar-refractivity contribution in [2.45, 2.75) is 6.54 Å². The Balaban J connectivity index is 2.32. The lowest BCUT2D eigenvalue weighted by Gasteiger charge is -2.06. The van der Waals surface area contributed by atoms with Crippen molar-refractivity contribution >= 4 is 16.9 Å². The third kappa shape index (κ3) is 1.79. The zero-order chi connectivity index (χ0) is 13.2. The number of rotatable bonds is 2. The second-order valence-electron chi connectivity index (χ2n) is 4.10. The zero-order valence-electron chi connectivity index (χ0n) is 10.1. The third-order valence-corrected chi connectivity index (χ3v) is 2.96. The van der Waals surface area contributed by atoms with Gasteiger partial charge in [0.25, 0.3) is 0 Å². The maximum absolute atomic E-state index is 8.99. The Morgan fingerprint density at radius 2 is 2.05 bits per heavy atom. The molecule has 0 fully saturated rings. The van der Waals surface area contributed by atoms with E-state index in [0.29, 0.717) is 11.6 Å². The molecule has 5 heteroatoms. The fraction of sp³-hybridized carbons (Fsp3) is 0.0714. The molecule has 0 spiro atoms. The summed E-state index contributed by atoms with van der Waals surface area (Å²) in [4.78, 5) is 8.62. The number of aromatic nitrogens is 3. The van der Waals surface area contributed by atoms with Crippen molar-refractivity contribution in [1.29, 1.82) is 5.26 Å². The van der Waals surface area contributed by atoms with E-state index in [-0.39, 0.29) is 6.54 Å². The van der Waals surface area contributed by atoms with E-state index in [1.165, 1.54) is 0 Å². The quantitative estimate of drug-likeness (QED) is 0.755. The van der Waals surface area contributed by atoms with Crippen molar-refractivity contribution < 1.29 is 0 Å². The van der Waals surface area contributed by atoms with Crippen LogP contribution in [0.2, 0.25) is 0 Å². The van der Waals surface area contributed by atoms with Gasteiger partial charge in [-0.2, -0.15) is 5.26 Å². The number of benzene rings is 1. The molecule has 0 aliphatic rings. The molecule has 0 aliphatic heterocycles. The first-order chi connectivity index (χ1) is 9.31. The molecule has 0 amide bonds. The van der Waals surface area contributed by atoms with Gasteiger partial charge in [-0.25, -0.2) is 9.97 Å². The standard InChI is InChI=1S/C14H11N5/c15-7-9-19-12-6-2-1-5-11(12)18-14(19)10-4-3-8-17-13(10)16/h1-6,8H,9H2,(H2,16,17). The van der Waals surface area contributed by atoms with Crippen LogP contribution in [0.1, 0.15) is 0 Å². The molecule has 0 unspecified atom stereocenters. The molecule has 0 saturated heterocycles. The maximum Gasteiger partial charge on any atom is 0.145 e. The minimum Gasteiger partial charge on any atom is -0.383 e. The van der Waals surface area contributed by atoms with Gasteiger partial charge in [0.2, 0.25) is 0 Å². The number of nitrogen functional groups attached to an aromatic ring is 1. The highest BCUT2D eigenvalue weighted by Crippen LogP contribution is 2.27. The van der Waals surface area contributed by atoms with E-state index in [0.717, 1.165) is 16.6 Å². The summed E-state index contributed by atoms with van der Waals surface area (Å²) in [6.07, 6.45) is 1.64. The highest BCUT2D eigenvalue weighted by molar-refractivity contribution is 5.82. The number of fused-ring (bicyclic) bond motifs is 1. The second-order valence-corrected chi connectivity index (χ2v) is 4.10. The zero-order valence-corrected chi connectivity index (χ0v) is 10.1. The monoisotopic (exact) mass is 249 g/mol. The molecule has 0 atom stereocenters. The molecule has 19 heavy (non-hydrogen) atoms. The summed E-state index contributed by atoms with van der Waals surface area (Å²) in [5.74, 6) is 1.09. The second kappa shape index (κ2) is 4.42. The average Bonchev–Trinajstić information content (AvgIpc) is 2.79. The molecule has 3 rings (SSSR count). The van der Waals surface area contributed by atoms with Gasteiger partial charge in [0.1, 0.15) is 18.2 Å². The molecule has 0 bridgehead atoms. The minimum absolute atomic E-state index is 0.226. The molecule has 0 saturated carbocycles. The molecule has 0 radical (unpaired) electrons. The topological polar surface area (TPSA) is 80.5 Å². The van der Waals surface area contributed by atoms with E-state index in [1.807, 2.05) is 41.0 Å². The molecule has 2 N–H and O–H groups in total. The summed E-state index contributed by atoms with van der Waals surface area (Å²) >= 11 is 0. The van der Waals surface area contributed by atoms with Crippen molar-refractivity contribution in [2.75, 3.05) is 5.73 Å². The van der Waals surface area contributed by atoms with Gasteiger partial charge in [-0.3, -0.25) is 0 Å². The van der Waals surface area contributed by atoms with Gasteiger partial charge < -0.3 is 10.3 Å². The number of anilines is 1. The first-order valence-corrected chi connectivity index (χ1v) is 5.84. The fourth-order valence-electron chi connectivity index (χ4n) is 2.12. The Labute approximate surface area is 109 Å². The Hall–Kier alpha value is -2.87. The van der Waals surface area contributed by atoms with Gasteiger partial charge in [-0.1, -0.05) is 12.1 Å². The van der Waals surface area contributed by atoms with Gasteiger partial charge >= 0.3 is 0 Å². The predicted octanol–water partition coefficient (Wildman–Crippen LogP) is 2.20. The fourth-order valence-corrected chi connectivity index (χ4v) is 2.12. The van der Waals surface area contributed by atoms with Crippen LogP contribution < -0.4 is 5.73 Å². The lowest BCUT2D eigenvalue weighted by atomic mass is 10.2. The number of nitrogens with two attached hydrogens (primary N) is 1. The summed E-state index contributed by atoms with van der Waals surface area (Å²) < 4.78 is 1.85. The Bertz CT molecular complexity index is 782. The van der Waals surface area contributed by atoms with Gasteiger partial charge in [0.05, 0.1) is 22.7 Å². The molecule has 0 aliphatic carbocycles. The normalized spacial score (nSPS) is 10.5. The molecule has 1 aromatic carbocycles. The molecular formula is C14H11N5. The van der Waals surface area contributed by atoms with E-state index in [1.54, 1.807) is 6.20 Å². The van der Waals surface area contributed by atoms with E-state index in [4.69, 9.17) is 11.0 Å². The Kier molecular flexibility index (Phi) is 2.62. The minimum atomic E-state index is 0.226. The summed E-state index contributed by atoms with van der Waals surface area (Å²) in [7, 11) is 0. The highest BCUT2D eigenvalue weighted by atomic mass is 15.1. The Morgan fingerprint density at radius 3 is 2.84 bits per heavy atom. The number of para-hydroxylation sites is 2. The van der Waals surface area contributed by atoms with Crippen LogP contribution in [0.4, 0.5) is 5.82 Å². The third-order valence-electron chi connectivity index (χ3n) is 2.96. The number of imidazole rings is 1. The van der Waals surface area contributed by atoms with Crippen molar-refractivity contribution in [2.24, 2.45) is 0 Å². The number of nitrogens with zero attached hydrogens (tertiary/aromatic N) is 4. The van der Waals surface area contributed by atoms with Crippen molar-refractivity contribution in [3.05, 3.63) is 42.6 Å². The van der Waals surface area contributed by atoms with Crippen LogP contribution >= 0.6 is 0 Å². The molecule has 2 aromatic heterocycles. The number of nitriles is 1. The van der Waals surface area contributed by atoms with Gasteiger partial charge in [-0.05, 0) is 24.3 Å². The van der Waals surface area contributed by atoms with Crippen molar-refractivity contribution in [1.82, 2.24) is 14.5 Å². The smallest absolute Gasteiger partial charge is 0.145 e. The first kappa shape index (κ1) is 11.2. The van der Waals surface area contributed by atoms with Crippen molar-refractivity contribution in [3.63, 3.8) is 0 Å². The SMILES string of the molecule is N#CCn1c(-c2cccnc2N)nc2ccccc21. The number of hydrogen-bond donors (Lipinski definition) is 1. The van der Waals surface area contributed by atoms with Crippen LogP contribution in [0, 0.1) is 11.3 Å². The summed E-state index contributed by atoms with van der Waals surface area (Å²) in [5.41, 5.74) is 8.40. The van der Waals surface area contributed by atoms with E-state index >= 15 is 0 Å². The molecule has 92 valence electrons. The lowest BCUT2D eigenvalue weighted by Crippen LogP contribution is -2.01. The molecule has 5 nitrogen and oxygen atoms in total. The predicted molar refractivity (Wildman–Crippen MR) is 73.0 cm³/mol. The van der Waals surface area contributed by atoms with Crippen LogP contribution in [0.5, 0.6) is 0 Å². The summed E-state index contributed by atoms with van der Waals surface area (Å²) in [6, 6.07) is 13.5. The molecule has 3 aromatic rings. The van der Waals surface area contributed by atoms with Crippen LogP contribution in [0.3, 0.4) is 0 Å². The highest BCUT2D eigenvalue weighted by Gasteiger charge is 2.14. The lowest BCUT2D eigenvalue weighted by molar-refractivity contribution is 0.870. The van der Waals surface area contributed by atoms with Crippen LogP contribution in [0.15, 0.2) is 42.6 Å². The van der Waals surface area contributed by atoms with Gasteiger partial charge in [0.15, 0.2) is 0 Å². The van der Waals surface area contributed by atoms with E-state index in [2.05, 4.69) is 16.0 Å². The number of pyridine rings is 1.